The summed E-state index contributed by atoms with van der Waals surface area (Å²) in [6.07, 6.45) is 35.8. The van der Waals surface area contributed by atoms with Crippen molar-refractivity contribution in [1.29, 1.82) is 0 Å². The van der Waals surface area contributed by atoms with Gasteiger partial charge in [0, 0.05) is 0 Å². The van der Waals surface area contributed by atoms with Crippen LogP contribution in [0, 0.1) is 59.2 Å². The molecule has 0 spiro atoms. The monoisotopic (exact) mass is 1050 g/mol. The van der Waals surface area contributed by atoms with Crippen LogP contribution in [0.4, 0.5) is 0 Å². The Hall–Kier alpha value is -2.16. The number of ether oxygens (including phenoxy) is 4. The topological polar surface area (TPSA) is 108 Å². The lowest BCUT2D eigenvalue weighted by Gasteiger charge is -2.25. The molecular formula is C65H125NO8. The molecule has 9 heteroatoms. The number of hydrogen-bond donors (Lipinski definition) is 0. The van der Waals surface area contributed by atoms with Crippen LogP contribution in [0.2, 0.25) is 0 Å². The summed E-state index contributed by atoms with van der Waals surface area (Å²) < 4.78 is 22.9. The number of esters is 4. The van der Waals surface area contributed by atoms with Crippen molar-refractivity contribution in [3.8, 4) is 0 Å². The molecule has 4 saturated carbocycles. The number of nitrogens with zero attached hydrogens (tertiary/aromatic N) is 1. The molecule has 438 valence electrons. The van der Waals surface area contributed by atoms with E-state index in [4.69, 9.17) is 18.9 Å². The van der Waals surface area contributed by atoms with Crippen LogP contribution in [-0.2, 0) is 38.1 Å². The number of hydrogen-bond acceptors (Lipinski definition) is 9. The molecule has 0 aromatic rings. The minimum Gasteiger partial charge on any atom is -0.465 e. The number of rotatable bonds is 28. The summed E-state index contributed by atoms with van der Waals surface area (Å²) in [6.45, 7) is 29.8. The Morgan fingerprint density at radius 2 is 0.554 bits per heavy atom. The maximum atomic E-state index is 13.2. The molecule has 4 fully saturated rings. The van der Waals surface area contributed by atoms with Crippen LogP contribution >= 0.6 is 0 Å². The number of carbonyl (C=O) groups is 4. The van der Waals surface area contributed by atoms with E-state index in [0.29, 0.717) is 88.9 Å². The van der Waals surface area contributed by atoms with Crippen LogP contribution in [0.5, 0.6) is 0 Å². The highest BCUT2D eigenvalue weighted by molar-refractivity contribution is 5.95. The van der Waals surface area contributed by atoms with Gasteiger partial charge in [-0.05, 0) is 145 Å². The highest BCUT2D eigenvalue weighted by Crippen LogP contribution is 2.28. The molecule has 0 atom stereocenters. The fraction of sp³-hybridized carbons (Fsp3) is 0.938. The normalized spacial score (nSPS) is 16.9. The van der Waals surface area contributed by atoms with Crippen molar-refractivity contribution in [2.24, 2.45) is 59.2 Å². The van der Waals surface area contributed by atoms with E-state index in [1.165, 1.54) is 128 Å². The van der Waals surface area contributed by atoms with Crippen molar-refractivity contribution >= 4 is 23.9 Å². The zero-order chi connectivity index (χ0) is 55.4. The summed E-state index contributed by atoms with van der Waals surface area (Å²) in [5, 5.41) is 0. The van der Waals surface area contributed by atoms with Crippen molar-refractivity contribution < 1.29 is 38.1 Å². The molecule has 0 bridgehead atoms. The highest BCUT2D eigenvalue weighted by atomic mass is 16.6. The smallest absolute Gasteiger partial charge is 0.320 e. The van der Waals surface area contributed by atoms with Crippen molar-refractivity contribution in [3.05, 3.63) is 0 Å². The molecular weight excluding hydrogens is 923 g/mol. The fourth-order valence-electron chi connectivity index (χ4n) is 10.8. The van der Waals surface area contributed by atoms with Crippen LogP contribution in [0.1, 0.15) is 289 Å². The van der Waals surface area contributed by atoms with Gasteiger partial charge in [-0.25, -0.2) is 0 Å². The van der Waals surface area contributed by atoms with E-state index < -0.39 is 35.7 Å². The van der Waals surface area contributed by atoms with Gasteiger partial charge in [-0.1, -0.05) is 212 Å². The van der Waals surface area contributed by atoms with Gasteiger partial charge in [0.15, 0.2) is 11.8 Å². The molecule has 0 aromatic carbocycles. The van der Waals surface area contributed by atoms with Gasteiger partial charge in [-0.3, -0.25) is 19.2 Å². The summed E-state index contributed by atoms with van der Waals surface area (Å²) >= 11 is 0. The van der Waals surface area contributed by atoms with E-state index in [9.17, 15) is 19.2 Å². The van der Waals surface area contributed by atoms with E-state index in [1.54, 1.807) is 0 Å². The maximum absolute atomic E-state index is 13.2. The summed E-state index contributed by atoms with van der Waals surface area (Å²) in [5.41, 5.74) is 0. The largest absolute Gasteiger partial charge is 0.465 e. The SMILES string of the molecule is CCCC(C)C.CCCC(C)C.CCCC(C)C.CCCC(C)C.CN(CCCC(C(=O)OCC1CCCCC1)C(=O)OCC1CCCCC1)CCCC(C(=O)OCC1CCCCC1)C(=O)OCC1CCCCC1. The Labute approximate surface area is 459 Å². The molecule has 0 aromatic heterocycles. The van der Waals surface area contributed by atoms with Crippen LogP contribution in [0.15, 0.2) is 0 Å². The molecule has 0 unspecified atom stereocenters. The van der Waals surface area contributed by atoms with E-state index in [2.05, 4.69) is 88.0 Å². The molecule has 0 aliphatic heterocycles. The van der Waals surface area contributed by atoms with Crippen LogP contribution in [-0.4, -0.2) is 75.3 Å². The Morgan fingerprint density at radius 3 is 0.716 bits per heavy atom. The molecule has 0 saturated heterocycles. The lowest BCUT2D eigenvalue weighted by Crippen LogP contribution is -2.33. The van der Waals surface area contributed by atoms with Crippen molar-refractivity contribution in [1.82, 2.24) is 4.90 Å². The Balaban J connectivity index is 0.00000183. The average Bonchev–Trinajstić information content (AvgIpc) is 3.38. The van der Waals surface area contributed by atoms with Crippen molar-refractivity contribution in [2.45, 2.75) is 289 Å². The third-order valence-corrected chi connectivity index (χ3v) is 15.4. The van der Waals surface area contributed by atoms with Gasteiger partial charge in [0.1, 0.15) is 0 Å². The molecule has 0 heterocycles. The second kappa shape index (κ2) is 48.0. The Bertz CT molecular complexity index is 1120. The fourth-order valence-corrected chi connectivity index (χ4v) is 10.8. The second-order valence-corrected chi connectivity index (χ2v) is 25.0. The molecule has 0 radical (unpaired) electrons. The van der Waals surface area contributed by atoms with Crippen molar-refractivity contribution in [3.63, 3.8) is 0 Å². The Morgan fingerprint density at radius 1 is 0.351 bits per heavy atom. The van der Waals surface area contributed by atoms with Crippen LogP contribution in [0.3, 0.4) is 0 Å². The molecule has 74 heavy (non-hydrogen) atoms. The van der Waals surface area contributed by atoms with Gasteiger partial charge >= 0.3 is 23.9 Å². The molecule has 4 aliphatic rings. The third-order valence-electron chi connectivity index (χ3n) is 15.4. The van der Waals surface area contributed by atoms with Crippen LogP contribution < -0.4 is 0 Å². The van der Waals surface area contributed by atoms with E-state index >= 15 is 0 Å². The number of carbonyl (C=O) groups excluding carboxylic acids is 4. The first-order chi connectivity index (χ1) is 35.5. The van der Waals surface area contributed by atoms with Gasteiger partial charge in [0.2, 0.25) is 0 Å². The summed E-state index contributed by atoms with van der Waals surface area (Å²) in [5.74, 6) is 1.52. The highest BCUT2D eigenvalue weighted by Gasteiger charge is 2.33. The van der Waals surface area contributed by atoms with Gasteiger partial charge in [0.25, 0.3) is 0 Å². The average molecular weight is 1050 g/mol. The van der Waals surface area contributed by atoms with E-state index in [-0.39, 0.29) is 0 Å². The molecule has 4 aliphatic carbocycles. The lowest BCUT2D eigenvalue weighted by atomic mass is 9.90. The quantitative estimate of drug-likeness (QED) is 0.0430. The zero-order valence-corrected chi connectivity index (χ0v) is 51.4. The van der Waals surface area contributed by atoms with Gasteiger partial charge in [-0.2, -0.15) is 0 Å². The molecule has 0 N–H and O–H groups in total. The summed E-state index contributed by atoms with van der Waals surface area (Å²) in [4.78, 5) is 55.0. The first-order valence-electron chi connectivity index (χ1n) is 31.8. The first-order valence-corrected chi connectivity index (χ1v) is 31.8. The third kappa shape index (κ3) is 41.0. The molecule has 0 amide bonds. The summed E-state index contributed by atoms with van der Waals surface area (Å²) in [7, 11) is 2.00. The van der Waals surface area contributed by atoms with Gasteiger partial charge in [0.05, 0.1) is 26.4 Å². The van der Waals surface area contributed by atoms with E-state index in [1.807, 2.05) is 7.05 Å². The second-order valence-electron chi connectivity index (χ2n) is 25.0. The minimum atomic E-state index is -0.905. The maximum Gasteiger partial charge on any atom is 0.320 e. The van der Waals surface area contributed by atoms with Crippen molar-refractivity contribution in [2.75, 3.05) is 46.6 Å². The van der Waals surface area contributed by atoms with Gasteiger partial charge < -0.3 is 23.8 Å². The first kappa shape index (κ1) is 71.8. The zero-order valence-electron chi connectivity index (χ0n) is 51.4. The van der Waals surface area contributed by atoms with Gasteiger partial charge in [-0.15, -0.1) is 0 Å². The minimum absolute atomic E-state index is 0.376. The van der Waals surface area contributed by atoms with Crippen LogP contribution in [0.25, 0.3) is 0 Å². The summed E-state index contributed by atoms with van der Waals surface area (Å²) in [6, 6.07) is 0. The van der Waals surface area contributed by atoms with E-state index in [0.717, 1.165) is 75.0 Å². The predicted molar refractivity (Wildman–Crippen MR) is 312 cm³/mol. The Kier molecular flexibility index (Phi) is 46.6. The standard InChI is InChI=1S/C41H69NO8.4C6H14/c1-42(26-14-24-36(38(43)47-28-32-16-6-2-7-17-32)39(44)48-29-33-18-8-3-9-19-33)27-15-25-37(40(45)49-30-34-20-10-4-11-21-34)41(46)50-31-35-22-12-5-13-23-35;4*1-4-5-6(2)3/h32-37H,2-31H2,1H3;4*6H,4-5H2,1-3H3. The molecule has 4 rings (SSSR count). The predicted octanol–water partition coefficient (Wildman–Crippen LogP) is 18.0. The lowest BCUT2D eigenvalue weighted by molar-refractivity contribution is -0.166. The molecule has 9 nitrogen and oxygen atoms in total.